The normalized spacial score (nSPS) is 11.3. The summed E-state index contributed by atoms with van der Waals surface area (Å²) in [7, 11) is 0. The lowest BCUT2D eigenvalue weighted by molar-refractivity contribution is 1.19. The number of fused-ring (bicyclic) bond motifs is 2. The van der Waals surface area contributed by atoms with E-state index in [9.17, 15) is 0 Å². The van der Waals surface area contributed by atoms with Crippen LogP contribution in [0.3, 0.4) is 0 Å². The van der Waals surface area contributed by atoms with Crippen molar-refractivity contribution in [2.45, 2.75) is 13.8 Å². The number of pyridine rings is 1. The fraction of sp³-hybridized carbons (Fsp3) is 0.182. The molecule has 1 aromatic carbocycles. The van der Waals surface area contributed by atoms with E-state index >= 15 is 0 Å². The maximum atomic E-state index is 4.17. The van der Waals surface area contributed by atoms with Crippen LogP contribution >= 0.6 is 11.5 Å². The van der Waals surface area contributed by atoms with Gasteiger partial charge in [0, 0.05) is 17.8 Å². The van der Waals surface area contributed by atoms with Crippen molar-refractivity contribution >= 4 is 32.5 Å². The van der Waals surface area contributed by atoms with E-state index in [2.05, 4.69) is 34.5 Å². The second kappa shape index (κ2) is 2.97. The minimum absolute atomic E-state index is 1.01. The number of aromatic nitrogens is 3. The first-order chi connectivity index (χ1) is 7.29. The Morgan fingerprint density at radius 2 is 2.00 bits per heavy atom. The van der Waals surface area contributed by atoms with Gasteiger partial charge in [0.05, 0.1) is 4.70 Å². The first-order valence-electron chi connectivity index (χ1n) is 4.74. The first kappa shape index (κ1) is 8.73. The molecule has 4 heteroatoms. The molecule has 0 aliphatic rings. The van der Waals surface area contributed by atoms with Crippen LogP contribution in [-0.2, 0) is 0 Å². The van der Waals surface area contributed by atoms with Crippen molar-refractivity contribution in [3.63, 3.8) is 0 Å². The Labute approximate surface area is 90.9 Å². The predicted octanol–water partition coefficient (Wildman–Crippen LogP) is 2.86. The van der Waals surface area contributed by atoms with Crippen molar-refractivity contribution in [2.24, 2.45) is 0 Å². The molecule has 0 saturated heterocycles. The highest BCUT2D eigenvalue weighted by Crippen LogP contribution is 2.31. The standard InChI is InChI=1S/C11H9N3S/c1-6-9-5-12-4-3-8(9)7(2)11-10(6)13-14-15-11/h3-5H,1-2H3. The van der Waals surface area contributed by atoms with E-state index in [1.165, 1.54) is 38.1 Å². The molecule has 0 amide bonds. The van der Waals surface area contributed by atoms with Crippen LogP contribution < -0.4 is 0 Å². The van der Waals surface area contributed by atoms with Crippen LogP contribution in [0.1, 0.15) is 11.1 Å². The van der Waals surface area contributed by atoms with E-state index in [0.29, 0.717) is 0 Å². The van der Waals surface area contributed by atoms with Crippen LogP contribution in [0.25, 0.3) is 21.0 Å². The number of benzene rings is 1. The fourth-order valence-electron chi connectivity index (χ4n) is 1.95. The molecule has 15 heavy (non-hydrogen) atoms. The maximum Gasteiger partial charge on any atom is 0.109 e. The summed E-state index contributed by atoms with van der Waals surface area (Å²) in [6, 6.07) is 2.05. The van der Waals surface area contributed by atoms with E-state index < -0.39 is 0 Å². The Morgan fingerprint density at radius 3 is 2.87 bits per heavy atom. The summed E-state index contributed by atoms with van der Waals surface area (Å²) in [5.74, 6) is 0. The van der Waals surface area contributed by atoms with Gasteiger partial charge in [0.15, 0.2) is 0 Å². The van der Waals surface area contributed by atoms with Gasteiger partial charge >= 0.3 is 0 Å². The van der Waals surface area contributed by atoms with Crippen molar-refractivity contribution in [1.29, 1.82) is 0 Å². The van der Waals surface area contributed by atoms with Crippen molar-refractivity contribution in [1.82, 2.24) is 14.6 Å². The molecule has 74 valence electrons. The molecule has 0 saturated carbocycles. The molecular formula is C11H9N3S. The van der Waals surface area contributed by atoms with Crippen LogP contribution in [0.2, 0.25) is 0 Å². The molecule has 0 aliphatic carbocycles. The van der Waals surface area contributed by atoms with E-state index in [1.54, 1.807) is 0 Å². The number of hydrogen-bond donors (Lipinski definition) is 0. The Bertz CT molecular complexity index is 602. The van der Waals surface area contributed by atoms with Crippen molar-refractivity contribution in [2.75, 3.05) is 0 Å². The zero-order valence-electron chi connectivity index (χ0n) is 8.48. The summed E-state index contributed by atoms with van der Waals surface area (Å²) in [4.78, 5) is 4.16. The monoisotopic (exact) mass is 215 g/mol. The lowest BCUT2D eigenvalue weighted by Gasteiger charge is -2.05. The molecule has 3 aromatic rings. The molecule has 0 aliphatic heterocycles. The molecule has 0 fully saturated rings. The third-order valence-electron chi connectivity index (χ3n) is 2.81. The molecule has 2 aromatic heterocycles. The highest BCUT2D eigenvalue weighted by Gasteiger charge is 2.11. The molecule has 0 N–H and O–H groups in total. The Hall–Kier alpha value is -1.55. The van der Waals surface area contributed by atoms with Crippen molar-refractivity contribution in [3.05, 3.63) is 29.6 Å². The molecule has 3 nitrogen and oxygen atoms in total. The zero-order valence-corrected chi connectivity index (χ0v) is 9.30. The number of rotatable bonds is 0. The summed E-state index contributed by atoms with van der Waals surface area (Å²) < 4.78 is 5.20. The molecule has 2 heterocycles. The SMILES string of the molecule is Cc1c2cnccc2c(C)c2snnc12. The summed E-state index contributed by atoms with van der Waals surface area (Å²) in [5, 5.41) is 6.60. The Balaban J connectivity index is 2.69. The van der Waals surface area contributed by atoms with Gasteiger partial charge < -0.3 is 0 Å². The molecular weight excluding hydrogens is 206 g/mol. The second-order valence-electron chi connectivity index (χ2n) is 3.62. The van der Waals surface area contributed by atoms with Gasteiger partial charge in [0.1, 0.15) is 5.52 Å². The Kier molecular flexibility index (Phi) is 1.73. The summed E-state index contributed by atoms with van der Waals surface area (Å²) >= 11 is 1.46. The Morgan fingerprint density at radius 1 is 1.13 bits per heavy atom. The van der Waals surface area contributed by atoms with Gasteiger partial charge in [-0.3, -0.25) is 4.98 Å². The van der Waals surface area contributed by atoms with Crippen LogP contribution in [0, 0.1) is 13.8 Å². The van der Waals surface area contributed by atoms with Gasteiger partial charge in [-0.1, -0.05) is 4.49 Å². The third kappa shape index (κ3) is 1.08. The summed E-state index contributed by atoms with van der Waals surface area (Å²) in [6.07, 6.45) is 3.73. The van der Waals surface area contributed by atoms with E-state index in [4.69, 9.17) is 0 Å². The number of nitrogens with zero attached hydrogens (tertiary/aromatic N) is 3. The smallest absolute Gasteiger partial charge is 0.109 e. The van der Waals surface area contributed by atoms with E-state index in [0.717, 1.165) is 5.52 Å². The lowest BCUT2D eigenvalue weighted by atomic mass is 10.0. The largest absolute Gasteiger partial charge is 0.264 e. The molecule has 0 unspecified atom stereocenters. The summed E-state index contributed by atoms with van der Waals surface area (Å²) in [6.45, 7) is 4.19. The quantitative estimate of drug-likeness (QED) is 0.578. The van der Waals surface area contributed by atoms with Gasteiger partial charge in [0.2, 0.25) is 0 Å². The van der Waals surface area contributed by atoms with Gasteiger partial charge in [-0.05, 0) is 48.0 Å². The van der Waals surface area contributed by atoms with Crippen LogP contribution in [0.5, 0.6) is 0 Å². The topological polar surface area (TPSA) is 38.7 Å². The third-order valence-corrected chi connectivity index (χ3v) is 3.66. The van der Waals surface area contributed by atoms with Crippen LogP contribution in [0.4, 0.5) is 0 Å². The maximum absolute atomic E-state index is 4.17. The minimum Gasteiger partial charge on any atom is -0.264 e. The lowest BCUT2D eigenvalue weighted by Crippen LogP contribution is -1.86. The molecule has 0 atom stereocenters. The fourth-order valence-corrected chi connectivity index (χ4v) is 2.68. The number of aryl methyl sites for hydroxylation is 2. The minimum atomic E-state index is 1.01. The first-order valence-corrected chi connectivity index (χ1v) is 5.51. The average molecular weight is 215 g/mol. The average Bonchev–Trinajstić information content (AvgIpc) is 2.75. The zero-order chi connectivity index (χ0) is 10.4. The second-order valence-corrected chi connectivity index (χ2v) is 4.38. The highest BCUT2D eigenvalue weighted by atomic mass is 32.1. The van der Waals surface area contributed by atoms with Gasteiger partial charge in [-0.2, -0.15) is 0 Å². The van der Waals surface area contributed by atoms with Gasteiger partial charge in [-0.25, -0.2) is 0 Å². The van der Waals surface area contributed by atoms with Crippen LogP contribution in [0.15, 0.2) is 18.5 Å². The number of hydrogen-bond acceptors (Lipinski definition) is 4. The van der Waals surface area contributed by atoms with Gasteiger partial charge in [0.25, 0.3) is 0 Å². The molecule has 3 rings (SSSR count). The molecule has 0 spiro atoms. The van der Waals surface area contributed by atoms with Gasteiger partial charge in [-0.15, -0.1) is 5.10 Å². The van der Waals surface area contributed by atoms with Crippen LogP contribution in [-0.4, -0.2) is 14.6 Å². The van der Waals surface area contributed by atoms with E-state index in [-0.39, 0.29) is 0 Å². The summed E-state index contributed by atoms with van der Waals surface area (Å²) in [5.41, 5.74) is 3.44. The molecule has 0 bridgehead atoms. The predicted molar refractivity (Wildman–Crippen MR) is 62.2 cm³/mol. The van der Waals surface area contributed by atoms with E-state index in [1.807, 2.05) is 12.4 Å². The van der Waals surface area contributed by atoms with Crippen molar-refractivity contribution in [3.8, 4) is 0 Å². The van der Waals surface area contributed by atoms with Crippen molar-refractivity contribution < 1.29 is 0 Å². The highest BCUT2D eigenvalue weighted by molar-refractivity contribution is 7.13. The molecule has 0 radical (unpaired) electrons.